The number of aromatic nitrogens is 1. The van der Waals surface area contributed by atoms with Gasteiger partial charge in [0.15, 0.2) is 4.80 Å². The fourth-order valence-electron chi connectivity index (χ4n) is 3.75. The van der Waals surface area contributed by atoms with Crippen LogP contribution in [-0.4, -0.2) is 40.7 Å². The zero-order chi connectivity index (χ0) is 23.8. The Bertz CT molecular complexity index is 1430. The minimum atomic E-state index is -3.90. The Morgan fingerprint density at radius 2 is 2.03 bits per heavy atom. The molecule has 1 amide bonds. The molecule has 0 aliphatic carbocycles. The number of carbonyl (C=O) groups is 1. The Morgan fingerprint density at radius 3 is 2.70 bits per heavy atom. The summed E-state index contributed by atoms with van der Waals surface area (Å²) in [5.41, 5.74) is 0.609. The number of halogens is 1. The van der Waals surface area contributed by atoms with Crippen LogP contribution in [0.3, 0.4) is 0 Å². The molecule has 4 rings (SSSR count). The van der Waals surface area contributed by atoms with Crippen LogP contribution in [0.2, 0.25) is 5.02 Å². The zero-order valence-electron chi connectivity index (χ0n) is 17.3. The van der Waals surface area contributed by atoms with Crippen molar-refractivity contribution in [3.05, 3.63) is 75.1 Å². The molecule has 172 valence electrons. The maximum atomic E-state index is 13.1. The summed E-state index contributed by atoms with van der Waals surface area (Å²) in [6.07, 6.45) is 2.51. The predicted octanol–water partition coefficient (Wildman–Crippen LogP) is 3.73. The summed E-state index contributed by atoms with van der Waals surface area (Å²) in [6, 6.07) is 9.28. The van der Waals surface area contributed by atoms with E-state index in [1.165, 1.54) is 40.7 Å². The van der Waals surface area contributed by atoms with Gasteiger partial charge in [-0.1, -0.05) is 29.0 Å². The van der Waals surface area contributed by atoms with Crippen molar-refractivity contribution in [3.63, 3.8) is 0 Å². The van der Waals surface area contributed by atoms with Gasteiger partial charge in [-0.25, -0.2) is 8.42 Å². The molecule has 1 aliphatic heterocycles. The summed E-state index contributed by atoms with van der Waals surface area (Å²) >= 11 is 7.00. The Morgan fingerprint density at radius 1 is 1.30 bits per heavy atom. The summed E-state index contributed by atoms with van der Waals surface area (Å²) in [6.45, 7) is 4.27. The van der Waals surface area contributed by atoms with Gasteiger partial charge in [0.25, 0.3) is 11.6 Å². The highest BCUT2D eigenvalue weighted by atomic mass is 35.5. The van der Waals surface area contributed by atoms with Crippen LogP contribution in [0, 0.1) is 10.1 Å². The van der Waals surface area contributed by atoms with Crippen LogP contribution < -0.4 is 4.80 Å². The smallest absolute Gasteiger partial charge is 0.270 e. The maximum Gasteiger partial charge on any atom is 0.270 e. The summed E-state index contributed by atoms with van der Waals surface area (Å²) < 4.78 is 29.8. The number of hydrogen-bond acceptors (Lipinski definition) is 6. The fourth-order valence-corrected chi connectivity index (χ4v) is 6.61. The first kappa shape index (κ1) is 23.3. The summed E-state index contributed by atoms with van der Waals surface area (Å²) in [5.74, 6) is -0.580. The largest absolute Gasteiger partial charge is 0.312 e. The molecular formula is C21H19ClN4O5S2. The number of rotatable bonds is 6. The summed E-state index contributed by atoms with van der Waals surface area (Å²) in [4.78, 5) is 28.4. The number of nitro groups is 1. The van der Waals surface area contributed by atoms with E-state index in [-0.39, 0.29) is 17.1 Å². The van der Waals surface area contributed by atoms with Gasteiger partial charge in [0.2, 0.25) is 10.0 Å². The van der Waals surface area contributed by atoms with Crippen molar-refractivity contribution in [1.29, 1.82) is 0 Å². The van der Waals surface area contributed by atoms with Gasteiger partial charge in [0.1, 0.15) is 6.04 Å². The van der Waals surface area contributed by atoms with Gasteiger partial charge in [0, 0.05) is 30.2 Å². The van der Waals surface area contributed by atoms with Crippen LogP contribution in [0.25, 0.3) is 10.2 Å². The molecule has 3 aromatic rings. The second-order valence-electron chi connectivity index (χ2n) is 7.37. The maximum absolute atomic E-state index is 13.1. The van der Waals surface area contributed by atoms with Crippen molar-refractivity contribution in [3.8, 4) is 0 Å². The third kappa shape index (κ3) is 4.49. The predicted molar refractivity (Wildman–Crippen MR) is 126 cm³/mol. The van der Waals surface area contributed by atoms with Gasteiger partial charge >= 0.3 is 0 Å². The normalized spacial score (nSPS) is 17.5. The van der Waals surface area contributed by atoms with Crippen molar-refractivity contribution in [2.45, 2.75) is 30.3 Å². The highest BCUT2D eigenvalue weighted by Crippen LogP contribution is 2.28. The number of non-ortho nitro benzene ring substituents is 1. The Kier molecular flexibility index (Phi) is 6.48. The van der Waals surface area contributed by atoms with Crippen molar-refractivity contribution >= 4 is 54.8 Å². The Hall–Kier alpha value is -2.86. The van der Waals surface area contributed by atoms with E-state index in [4.69, 9.17) is 11.6 Å². The molecule has 0 saturated carbocycles. The Balaban J connectivity index is 1.73. The number of nitro benzene ring substituents is 1. The van der Waals surface area contributed by atoms with Crippen molar-refractivity contribution in [1.82, 2.24) is 8.87 Å². The molecular weight excluding hydrogens is 488 g/mol. The van der Waals surface area contributed by atoms with E-state index in [1.807, 2.05) is 0 Å². The number of thiazole rings is 1. The molecule has 2 aromatic carbocycles. The van der Waals surface area contributed by atoms with E-state index < -0.39 is 26.9 Å². The molecule has 0 N–H and O–H groups in total. The second-order valence-corrected chi connectivity index (χ2v) is 10.7. The molecule has 2 heterocycles. The number of fused-ring (bicyclic) bond motifs is 1. The zero-order valence-corrected chi connectivity index (χ0v) is 19.6. The molecule has 33 heavy (non-hydrogen) atoms. The number of hydrogen-bond donors (Lipinski definition) is 0. The molecule has 9 nitrogen and oxygen atoms in total. The quantitative estimate of drug-likeness (QED) is 0.287. The van der Waals surface area contributed by atoms with Gasteiger partial charge in [0.05, 0.1) is 20.0 Å². The first-order valence-corrected chi connectivity index (χ1v) is 12.6. The van der Waals surface area contributed by atoms with Gasteiger partial charge < -0.3 is 4.57 Å². The third-order valence-electron chi connectivity index (χ3n) is 5.30. The molecule has 0 bridgehead atoms. The van der Waals surface area contributed by atoms with E-state index in [0.717, 1.165) is 11.3 Å². The van der Waals surface area contributed by atoms with Gasteiger partial charge in [-0.3, -0.25) is 14.9 Å². The average Bonchev–Trinajstić information content (AvgIpc) is 3.40. The minimum Gasteiger partial charge on any atom is -0.312 e. The van der Waals surface area contributed by atoms with E-state index in [1.54, 1.807) is 16.7 Å². The van der Waals surface area contributed by atoms with E-state index in [0.29, 0.717) is 39.4 Å². The summed E-state index contributed by atoms with van der Waals surface area (Å²) in [7, 11) is -3.90. The standard InChI is InChI=1S/C21H19ClN4O5S2/c1-2-11-24-17-10-7-15(26(28)29)13-19(17)32-21(24)23-20(27)18-4-3-12-25(18)33(30,31)16-8-5-14(22)6-9-16/h2,5-10,13,18H,1,3-4,11-12H2. The molecule has 12 heteroatoms. The molecule has 1 aromatic heterocycles. The number of benzene rings is 2. The Labute approximate surface area is 198 Å². The lowest BCUT2D eigenvalue weighted by molar-refractivity contribution is -0.384. The second kappa shape index (κ2) is 9.18. The van der Waals surface area contributed by atoms with E-state index in [9.17, 15) is 23.3 Å². The van der Waals surface area contributed by atoms with Crippen molar-refractivity contribution < 1.29 is 18.1 Å². The number of carbonyl (C=O) groups excluding carboxylic acids is 1. The van der Waals surface area contributed by atoms with Gasteiger partial charge in [-0.05, 0) is 43.2 Å². The van der Waals surface area contributed by atoms with E-state index >= 15 is 0 Å². The van der Waals surface area contributed by atoms with Crippen LogP contribution in [0.5, 0.6) is 0 Å². The molecule has 0 radical (unpaired) electrons. The van der Waals surface area contributed by atoms with Crippen molar-refractivity contribution in [2.75, 3.05) is 6.54 Å². The molecule has 1 fully saturated rings. The number of sulfonamides is 1. The topological polar surface area (TPSA) is 115 Å². The minimum absolute atomic E-state index is 0.0579. The van der Waals surface area contributed by atoms with Crippen LogP contribution in [0.1, 0.15) is 12.8 Å². The highest BCUT2D eigenvalue weighted by Gasteiger charge is 2.39. The molecule has 1 atom stereocenters. The molecule has 1 unspecified atom stereocenters. The van der Waals surface area contributed by atoms with Crippen LogP contribution in [-0.2, 0) is 21.4 Å². The fraction of sp³-hybridized carbons (Fsp3) is 0.238. The van der Waals surface area contributed by atoms with Crippen LogP contribution >= 0.6 is 22.9 Å². The van der Waals surface area contributed by atoms with Gasteiger partial charge in [-0.15, -0.1) is 6.58 Å². The number of nitrogens with zero attached hydrogens (tertiary/aromatic N) is 4. The lowest BCUT2D eigenvalue weighted by atomic mass is 10.2. The lowest BCUT2D eigenvalue weighted by Crippen LogP contribution is -2.40. The number of allylic oxidation sites excluding steroid dienone is 1. The lowest BCUT2D eigenvalue weighted by Gasteiger charge is -2.21. The van der Waals surface area contributed by atoms with Crippen LogP contribution in [0.4, 0.5) is 5.69 Å². The average molecular weight is 507 g/mol. The molecule has 1 aliphatic rings. The first-order chi connectivity index (χ1) is 15.7. The first-order valence-electron chi connectivity index (χ1n) is 9.97. The molecule has 0 spiro atoms. The van der Waals surface area contributed by atoms with Crippen LogP contribution in [0.15, 0.2) is 65.0 Å². The third-order valence-corrected chi connectivity index (χ3v) is 8.52. The number of amides is 1. The monoisotopic (exact) mass is 506 g/mol. The highest BCUT2D eigenvalue weighted by molar-refractivity contribution is 7.89. The summed E-state index contributed by atoms with van der Waals surface area (Å²) in [5, 5.41) is 11.5. The van der Waals surface area contributed by atoms with Gasteiger partial charge in [-0.2, -0.15) is 9.30 Å². The van der Waals surface area contributed by atoms with Crippen molar-refractivity contribution in [2.24, 2.45) is 4.99 Å². The SMILES string of the molecule is C=CCn1c(=NC(=O)C2CCCN2S(=O)(=O)c2ccc(Cl)cc2)sc2cc([N+](=O)[O-])ccc21. The van der Waals surface area contributed by atoms with E-state index in [2.05, 4.69) is 11.6 Å². The molecule has 1 saturated heterocycles.